The van der Waals surface area contributed by atoms with Gasteiger partial charge in [-0.3, -0.25) is 0 Å². The Kier molecular flexibility index (Phi) is 14.1. The summed E-state index contributed by atoms with van der Waals surface area (Å²) in [6.45, 7) is 9.29. The Morgan fingerprint density at radius 2 is 1.14 bits per heavy atom. The van der Waals surface area contributed by atoms with E-state index in [0.29, 0.717) is 5.41 Å². The summed E-state index contributed by atoms with van der Waals surface area (Å²) in [7, 11) is 0. The monoisotopic (exact) mass is 292 g/mol. The molecule has 0 spiro atoms. The number of rotatable bonds is 13. The molecule has 0 N–H and O–H groups in total. The van der Waals surface area contributed by atoms with Crippen LogP contribution in [0, 0.1) is 5.41 Å². The number of unbranched alkanes of at least 4 members (excludes halogenated alkanes) is 8. The van der Waals surface area contributed by atoms with Crippen LogP contribution in [0.25, 0.3) is 0 Å². The Bertz CT molecular complexity index is 252. The van der Waals surface area contributed by atoms with Gasteiger partial charge in [0.25, 0.3) is 0 Å². The largest absolute Gasteiger partial charge is 0.0882 e. The lowest BCUT2D eigenvalue weighted by atomic mass is 9.89. The standard InChI is InChI=1S/C21H40/c1-5-6-7-8-9-10-11-12-13-14-15-16-17-18-19-20-21(2,3)4/h9-10,12-13H,5-8,11,14-20H2,1-4H3/b10-9-,13-12-. The Morgan fingerprint density at radius 1 is 0.619 bits per heavy atom. The van der Waals surface area contributed by atoms with E-state index < -0.39 is 0 Å². The molecular weight excluding hydrogens is 252 g/mol. The van der Waals surface area contributed by atoms with Gasteiger partial charge >= 0.3 is 0 Å². The summed E-state index contributed by atoms with van der Waals surface area (Å²) in [6, 6.07) is 0. The molecular formula is C21H40. The van der Waals surface area contributed by atoms with Gasteiger partial charge in [-0.15, -0.1) is 0 Å². The minimum Gasteiger partial charge on any atom is -0.0882 e. The highest BCUT2D eigenvalue weighted by atomic mass is 14.1. The van der Waals surface area contributed by atoms with Crippen molar-refractivity contribution in [3.05, 3.63) is 24.3 Å². The van der Waals surface area contributed by atoms with Gasteiger partial charge in [0.15, 0.2) is 0 Å². The summed E-state index contributed by atoms with van der Waals surface area (Å²) in [5.41, 5.74) is 0.521. The number of hydrogen-bond donors (Lipinski definition) is 0. The van der Waals surface area contributed by atoms with Gasteiger partial charge in [-0.05, 0) is 43.9 Å². The van der Waals surface area contributed by atoms with Crippen LogP contribution in [-0.4, -0.2) is 0 Å². The molecule has 0 fully saturated rings. The van der Waals surface area contributed by atoms with E-state index in [4.69, 9.17) is 0 Å². The number of hydrogen-bond acceptors (Lipinski definition) is 0. The third-order valence-corrected chi connectivity index (χ3v) is 3.88. The molecule has 0 heteroatoms. The predicted molar refractivity (Wildman–Crippen MR) is 98.8 cm³/mol. The molecule has 0 aromatic rings. The Hall–Kier alpha value is -0.520. The first-order valence-electron chi connectivity index (χ1n) is 9.36. The van der Waals surface area contributed by atoms with Gasteiger partial charge in [0.2, 0.25) is 0 Å². The Balaban J connectivity index is 3.22. The minimum atomic E-state index is 0.521. The molecule has 0 atom stereocenters. The van der Waals surface area contributed by atoms with Crippen LogP contribution in [0.3, 0.4) is 0 Å². The molecule has 0 amide bonds. The molecule has 0 aliphatic rings. The van der Waals surface area contributed by atoms with Crippen LogP contribution in [0.15, 0.2) is 24.3 Å². The van der Waals surface area contributed by atoms with E-state index in [0.717, 1.165) is 6.42 Å². The van der Waals surface area contributed by atoms with Crippen molar-refractivity contribution in [1.29, 1.82) is 0 Å². The van der Waals surface area contributed by atoms with E-state index in [1.54, 1.807) is 0 Å². The maximum absolute atomic E-state index is 2.37. The predicted octanol–water partition coefficient (Wildman–Crippen LogP) is 7.85. The Labute approximate surface area is 135 Å². The first-order valence-corrected chi connectivity index (χ1v) is 9.36. The quantitative estimate of drug-likeness (QED) is 0.239. The van der Waals surface area contributed by atoms with Crippen molar-refractivity contribution in [2.75, 3.05) is 0 Å². The molecule has 0 aliphatic carbocycles. The van der Waals surface area contributed by atoms with Gasteiger partial charge in [0, 0.05) is 0 Å². The van der Waals surface area contributed by atoms with E-state index in [1.807, 2.05) is 0 Å². The van der Waals surface area contributed by atoms with E-state index in [9.17, 15) is 0 Å². The summed E-state index contributed by atoms with van der Waals surface area (Å²) in [5, 5.41) is 0. The van der Waals surface area contributed by atoms with Gasteiger partial charge in [0.1, 0.15) is 0 Å². The zero-order valence-electron chi connectivity index (χ0n) is 15.3. The molecule has 0 aliphatic heterocycles. The molecule has 0 heterocycles. The van der Waals surface area contributed by atoms with Crippen LogP contribution in [0.2, 0.25) is 0 Å². The molecule has 0 aromatic carbocycles. The van der Waals surface area contributed by atoms with Gasteiger partial charge in [-0.25, -0.2) is 0 Å². The molecule has 0 bridgehead atoms. The van der Waals surface area contributed by atoms with E-state index in [-0.39, 0.29) is 0 Å². The zero-order chi connectivity index (χ0) is 15.8. The molecule has 0 saturated heterocycles. The van der Waals surface area contributed by atoms with Crippen molar-refractivity contribution in [3.8, 4) is 0 Å². The lowest BCUT2D eigenvalue weighted by molar-refractivity contribution is 0.356. The van der Waals surface area contributed by atoms with E-state index in [1.165, 1.54) is 70.6 Å². The van der Waals surface area contributed by atoms with Gasteiger partial charge in [0.05, 0.1) is 0 Å². The normalized spacial score (nSPS) is 12.8. The smallest absolute Gasteiger partial charge is 0.0169 e. The highest BCUT2D eigenvalue weighted by Gasteiger charge is 2.08. The van der Waals surface area contributed by atoms with Crippen LogP contribution >= 0.6 is 0 Å². The van der Waals surface area contributed by atoms with Crippen molar-refractivity contribution in [2.24, 2.45) is 5.41 Å². The summed E-state index contributed by atoms with van der Waals surface area (Å²) in [6.07, 6.45) is 25.4. The maximum Gasteiger partial charge on any atom is -0.0169 e. The fraction of sp³-hybridized carbons (Fsp3) is 0.810. The van der Waals surface area contributed by atoms with Crippen molar-refractivity contribution >= 4 is 0 Å². The van der Waals surface area contributed by atoms with E-state index in [2.05, 4.69) is 52.0 Å². The van der Waals surface area contributed by atoms with E-state index >= 15 is 0 Å². The van der Waals surface area contributed by atoms with Gasteiger partial charge < -0.3 is 0 Å². The third kappa shape index (κ3) is 19.5. The summed E-state index contributed by atoms with van der Waals surface area (Å²) in [5.74, 6) is 0. The van der Waals surface area contributed by atoms with Crippen LogP contribution in [0.5, 0.6) is 0 Å². The first-order chi connectivity index (χ1) is 10.1. The minimum absolute atomic E-state index is 0.521. The third-order valence-electron chi connectivity index (χ3n) is 3.88. The summed E-state index contributed by atoms with van der Waals surface area (Å²) >= 11 is 0. The maximum atomic E-state index is 2.37. The average Bonchev–Trinajstić information content (AvgIpc) is 2.42. The molecule has 21 heavy (non-hydrogen) atoms. The van der Waals surface area contributed by atoms with Gasteiger partial charge in [-0.2, -0.15) is 0 Å². The Morgan fingerprint density at radius 3 is 1.71 bits per heavy atom. The van der Waals surface area contributed by atoms with Crippen LogP contribution in [0.1, 0.15) is 105 Å². The van der Waals surface area contributed by atoms with Crippen molar-refractivity contribution < 1.29 is 0 Å². The van der Waals surface area contributed by atoms with Crippen molar-refractivity contribution in [3.63, 3.8) is 0 Å². The van der Waals surface area contributed by atoms with Crippen LogP contribution in [-0.2, 0) is 0 Å². The lowest BCUT2D eigenvalue weighted by Crippen LogP contribution is -2.03. The second-order valence-electron chi connectivity index (χ2n) is 7.54. The molecule has 0 unspecified atom stereocenters. The summed E-state index contributed by atoms with van der Waals surface area (Å²) in [4.78, 5) is 0. The molecule has 124 valence electrons. The van der Waals surface area contributed by atoms with Crippen molar-refractivity contribution in [2.45, 2.75) is 105 Å². The topological polar surface area (TPSA) is 0 Å². The fourth-order valence-electron chi connectivity index (χ4n) is 2.47. The SMILES string of the molecule is CCCCC/C=C\C/C=C\CCCCCCCC(C)(C)C. The number of allylic oxidation sites excluding steroid dienone is 4. The molecule has 0 nitrogen and oxygen atoms in total. The molecule has 0 saturated carbocycles. The fourth-order valence-corrected chi connectivity index (χ4v) is 2.47. The highest BCUT2D eigenvalue weighted by Crippen LogP contribution is 2.22. The van der Waals surface area contributed by atoms with Gasteiger partial charge in [-0.1, -0.05) is 90.5 Å². The first kappa shape index (κ1) is 20.5. The highest BCUT2D eigenvalue weighted by molar-refractivity contribution is 4.92. The summed E-state index contributed by atoms with van der Waals surface area (Å²) < 4.78 is 0. The van der Waals surface area contributed by atoms with Crippen molar-refractivity contribution in [1.82, 2.24) is 0 Å². The molecule has 0 rings (SSSR count). The van der Waals surface area contributed by atoms with Crippen LogP contribution < -0.4 is 0 Å². The van der Waals surface area contributed by atoms with Crippen LogP contribution in [0.4, 0.5) is 0 Å². The average molecular weight is 293 g/mol. The zero-order valence-corrected chi connectivity index (χ0v) is 15.3. The lowest BCUT2D eigenvalue weighted by Gasteiger charge is -2.17. The molecule has 0 aromatic heterocycles. The second-order valence-corrected chi connectivity index (χ2v) is 7.54. The molecule has 0 radical (unpaired) electrons. The second kappa shape index (κ2) is 14.4.